The second-order valence-electron chi connectivity index (χ2n) is 4.33. The number of hydrogen-bond acceptors (Lipinski definition) is 3. The number of nitrogens with zero attached hydrogens (tertiary/aromatic N) is 2. The van der Waals surface area contributed by atoms with E-state index in [0.29, 0.717) is 13.1 Å². The Balaban J connectivity index is 2.28. The molecule has 1 aliphatic heterocycles. The quantitative estimate of drug-likeness (QED) is 0.792. The number of carbonyl (C=O) groups is 1. The molecule has 0 spiro atoms. The lowest BCUT2D eigenvalue weighted by Crippen LogP contribution is -2.28. The van der Waals surface area contributed by atoms with Crippen molar-refractivity contribution < 1.29 is 4.79 Å². The summed E-state index contributed by atoms with van der Waals surface area (Å²) in [5.74, 6) is 0.0558. The van der Waals surface area contributed by atoms with Gasteiger partial charge in [-0.2, -0.15) is 0 Å². The van der Waals surface area contributed by atoms with E-state index in [1.54, 1.807) is 4.90 Å². The maximum Gasteiger partial charge on any atom is 0.266 e. The molecule has 0 atom stereocenters. The molecule has 1 aromatic carbocycles. The molecular weight excluding hydrogens is 256 g/mol. The number of likely N-dealkylation sites (N-methyl/N-ethyl adjacent to an activating group) is 1. The molecule has 4 heteroatoms. The summed E-state index contributed by atoms with van der Waals surface area (Å²) in [6, 6.07) is 8.16. The molecule has 19 heavy (non-hydrogen) atoms. The number of aryl methyl sites for hydroxylation is 1. The van der Waals surface area contributed by atoms with Crippen molar-refractivity contribution in [3.05, 3.63) is 40.3 Å². The van der Waals surface area contributed by atoms with Gasteiger partial charge in [0.05, 0.1) is 4.91 Å². The largest absolute Gasteiger partial charge is 0.287 e. The van der Waals surface area contributed by atoms with Gasteiger partial charge < -0.3 is 0 Å². The van der Waals surface area contributed by atoms with E-state index < -0.39 is 0 Å². The van der Waals surface area contributed by atoms with Crippen LogP contribution in [0.25, 0.3) is 6.08 Å². The minimum atomic E-state index is 0.0558. The van der Waals surface area contributed by atoms with E-state index in [1.807, 2.05) is 32.1 Å². The Morgan fingerprint density at radius 3 is 2.53 bits per heavy atom. The number of hydrogen-bond donors (Lipinski definition) is 0. The predicted molar refractivity (Wildman–Crippen MR) is 82.1 cm³/mol. The molecule has 100 valence electrons. The van der Waals surface area contributed by atoms with Gasteiger partial charge in [0.1, 0.15) is 0 Å². The fraction of sp³-hybridized carbons (Fsp3) is 0.333. The first kappa shape index (κ1) is 13.9. The molecule has 0 unspecified atom stereocenters. The van der Waals surface area contributed by atoms with Crippen LogP contribution in [0.15, 0.2) is 34.2 Å². The Bertz CT molecular complexity index is 532. The third-order valence-electron chi connectivity index (χ3n) is 2.87. The maximum absolute atomic E-state index is 12.2. The molecule has 0 bridgehead atoms. The first-order valence-corrected chi connectivity index (χ1v) is 7.30. The molecule has 1 saturated heterocycles. The zero-order valence-corrected chi connectivity index (χ0v) is 12.3. The van der Waals surface area contributed by atoms with Gasteiger partial charge in [0.15, 0.2) is 5.17 Å². The fourth-order valence-corrected chi connectivity index (χ4v) is 2.96. The van der Waals surface area contributed by atoms with Crippen LogP contribution >= 0.6 is 11.8 Å². The summed E-state index contributed by atoms with van der Waals surface area (Å²) in [5.41, 5.74) is 2.27. The average molecular weight is 274 g/mol. The summed E-state index contributed by atoms with van der Waals surface area (Å²) >= 11 is 1.46. The van der Waals surface area contributed by atoms with Crippen molar-refractivity contribution in [2.45, 2.75) is 20.8 Å². The molecule has 3 nitrogen and oxygen atoms in total. The first-order chi connectivity index (χ1) is 9.15. The van der Waals surface area contributed by atoms with Crippen LogP contribution in [-0.2, 0) is 4.79 Å². The summed E-state index contributed by atoms with van der Waals surface area (Å²) in [4.78, 5) is 19.1. The van der Waals surface area contributed by atoms with Gasteiger partial charge in [0.2, 0.25) is 0 Å². The van der Waals surface area contributed by atoms with Gasteiger partial charge in [-0.15, -0.1) is 0 Å². The molecule has 0 saturated carbocycles. The number of benzene rings is 1. The van der Waals surface area contributed by atoms with Crippen LogP contribution in [0.2, 0.25) is 0 Å². The molecule has 0 radical (unpaired) electrons. The summed E-state index contributed by atoms with van der Waals surface area (Å²) < 4.78 is 0. The summed E-state index contributed by atoms with van der Waals surface area (Å²) in [6.07, 6.45) is 1.94. The van der Waals surface area contributed by atoms with E-state index in [4.69, 9.17) is 0 Å². The second kappa shape index (κ2) is 6.06. The van der Waals surface area contributed by atoms with Gasteiger partial charge >= 0.3 is 0 Å². The third-order valence-corrected chi connectivity index (χ3v) is 3.92. The van der Waals surface area contributed by atoms with Gasteiger partial charge in [-0.1, -0.05) is 29.8 Å². The van der Waals surface area contributed by atoms with Crippen LogP contribution in [-0.4, -0.2) is 29.1 Å². The number of aliphatic imine (C=N–C) groups is 1. The van der Waals surface area contributed by atoms with Crippen LogP contribution in [0.3, 0.4) is 0 Å². The van der Waals surface area contributed by atoms with Crippen molar-refractivity contribution in [3.63, 3.8) is 0 Å². The number of amides is 1. The highest BCUT2D eigenvalue weighted by atomic mass is 32.2. The van der Waals surface area contributed by atoms with E-state index in [2.05, 4.69) is 24.0 Å². The minimum Gasteiger partial charge on any atom is -0.287 e. The van der Waals surface area contributed by atoms with Crippen molar-refractivity contribution >= 4 is 28.9 Å². The Morgan fingerprint density at radius 1 is 1.26 bits per heavy atom. The van der Waals surface area contributed by atoms with Gasteiger partial charge in [-0.25, -0.2) is 0 Å². The lowest BCUT2D eigenvalue weighted by Gasteiger charge is -2.11. The van der Waals surface area contributed by atoms with Crippen molar-refractivity contribution in [3.8, 4) is 0 Å². The highest BCUT2D eigenvalue weighted by Gasteiger charge is 2.31. The molecule has 1 aromatic rings. The molecule has 1 heterocycles. The Hall–Kier alpha value is -1.55. The average Bonchev–Trinajstić information content (AvgIpc) is 2.69. The standard InChI is InChI=1S/C15H18N2OS/c1-4-16-15-17(5-2)14(18)13(19-15)10-12-8-6-11(3)7-9-12/h6-10H,4-5H2,1-3H3/b13-10+,16-15?. The van der Waals surface area contributed by atoms with Crippen molar-refractivity contribution in [1.82, 2.24) is 4.90 Å². The number of rotatable bonds is 3. The molecule has 1 amide bonds. The van der Waals surface area contributed by atoms with Gasteiger partial charge in [0, 0.05) is 13.1 Å². The third kappa shape index (κ3) is 3.07. The molecule has 0 aliphatic carbocycles. The highest BCUT2D eigenvalue weighted by Crippen LogP contribution is 2.32. The monoisotopic (exact) mass is 274 g/mol. The molecule has 1 aliphatic rings. The zero-order chi connectivity index (χ0) is 13.8. The van der Waals surface area contributed by atoms with Gasteiger partial charge in [-0.3, -0.25) is 14.7 Å². The molecule has 1 fully saturated rings. The van der Waals surface area contributed by atoms with Crippen molar-refractivity contribution in [2.24, 2.45) is 4.99 Å². The topological polar surface area (TPSA) is 32.7 Å². The predicted octanol–water partition coefficient (Wildman–Crippen LogP) is 3.31. The van der Waals surface area contributed by atoms with Crippen molar-refractivity contribution in [1.29, 1.82) is 0 Å². The number of carbonyl (C=O) groups excluding carboxylic acids is 1. The van der Waals surface area contributed by atoms with Gasteiger partial charge in [0.25, 0.3) is 5.91 Å². The molecule has 2 rings (SSSR count). The van der Waals surface area contributed by atoms with E-state index in [-0.39, 0.29) is 5.91 Å². The summed E-state index contributed by atoms with van der Waals surface area (Å²) in [5, 5.41) is 0.813. The number of amidine groups is 1. The second-order valence-corrected chi connectivity index (χ2v) is 5.34. The Morgan fingerprint density at radius 2 is 1.95 bits per heavy atom. The lowest BCUT2D eigenvalue weighted by atomic mass is 10.1. The first-order valence-electron chi connectivity index (χ1n) is 6.48. The minimum absolute atomic E-state index is 0.0558. The van der Waals surface area contributed by atoms with E-state index >= 15 is 0 Å². The SMILES string of the molecule is CCN=C1S/C(=C/c2ccc(C)cc2)C(=O)N1CC. The maximum atomic E-state index is 12.2. The van der Waals surface area contributed by atoms with E-state index in [0.717, 1.165) is 15.6 Å². The molecular formula is C15H18N2OS. The van der Waals surface area contributed by atoms with Crippen LogP contribution < -0.4 is 0 Å². The van der Waals surface area contributed by atoms with Crippen LogP contribution in [0.1, 0.15) is 25.0 Å². The highest BCUT2D eigenvalue weighted by molar-refractivity contribution is 8.18. The van der Waals surface area contributed by atoms with Crippen LogP contribution in [0, 0.1) is 6.92 Å². The van der Waals surface area contributed by atoms with Crippen molar-refractivity contribution in [2.75, 3.05) is 13.1 Å². The molecule has 0 aromatic heterocycles. The number of thioether (sulfide) groups is 1. The smallest absolute Gasteiger partial charge is 0.266 e. The normalized spacial score (nSPS) is 19.7. The Kier molecular flexibility index (Phi) is 4.43. The summed E-state index contributed by atoms with van der Waals surface area (Å²) in [7, 11) is 0. The van der Waals surface area contributed by atoms with E-state index in [1.165, 1.54) is 17.3 Å². The Labute approximate surface area is 118 Å². The molecule has 0 N–H and O–H groups in total. The van der Waals surface area contributed by atoms with Crippen LogP contribution in [0.4, 0.5) is 0 Å². The van der Waals surface area contributed by atoms with Crippen LogP contribution in [0.5, 0.6) is 0 Å². The van der Waals surface area contributed by atoms with E-state index in [9.17, 15) is 4.79 Å². The summed E-state index contributed by atoms with van der Waals surface area (Å²) in [6.45, 7) is 7.36. The zero-order valence-electron chi connectivity index (χ0n) is 11.5. The van der Waals surface area contributed by atoms with Gasteiger partial charge in [-0.05, 0) is 44.2 Å². The lowest BCUT2D eigenvalue weighted by molar-refractivity contribution is -0.122. The fourth-order valence-electron chi connectivity index (χ4n) is 1.85.